The highest BCUT2D eigenvalue weighted by Crippen LogP contribution is 2.11. The third-order valence-electron chi connectivity index (χ3n) is 2.55. The predicted octanol–water partition coefficient (Wildman–Crippen LogP) is -1.79. The Balaban J connectivity index is 0.00000169. The molecule has 1 heterocycles. The van der Waals surface area contributed by atoms with Crippen LogP contribution in [0, 0.1) is 0 Å². The number of hydrogen-bond acceptors (Lipinski definition) is 1. The summed E-state index contributed by atoms with van der Waals surface area (Å²) in [7, 11) is 2.14. The van der Waals surface area contributed by atoms with E-state index >= 15 is 0 Å². The number of unbranched alkanes of at least 4 members (excludes halogenated alkanes) is 3. The average molecular weight is 310 g/mol. The van der Waals surface area contributed by atoms with Gasteiger partial charge in [0.2, 0.25) is 29.8 Å². The van der Waals surface area contributed by atoms with Crippen molar-refractivity contribution in [1.82, 2.24) is 0 Å². The summed E-state index contributed by atoms with van der Waals surface area (Å²) in [6.45, 7) is 4.33. The van der Waals surface area contributed by atoms with Crippen LogP contribution in [0.25, 0.3) is 0 Å². The molecule has 3 heteroatoms. The zero-order chi connectivity index (χ0) is 9.68. The Morgan fingerprint density at radius 3 is 2.50 bits per heavy atom. The van der Waals surface area contributed by atoms with Crippen molar-refractivity contribution in [1.29, 1.82) is 0 Å². The molecule has 0 fully saturated rings. The highest BCUT2D eigenvalue weighted by molar-refractivity contribution is 5.73. The summed E-state index contributed by atoms with van der Waals surface area (Å²) in [6, 6.07) is 0. The number of amidine groups is 1. The molecule has 0 aliphatic carbocycles. The summed E-state index contributed by atoms with van der Waals surface area (Å²) in [5.41, 5.74) is 1.28. The van der Waals surface area contributed by atoms with E-state index in [0.29, 0.717) is 0 Å². The van der Waals surface area contributed by atoms with Crippen LogP contribution in [0.4, 0.5) is 0 Å². The molecule has 14 heavy (non-hydrogen) atoms. The van der Waals surface area contributed by atoms with E-state index < -0.39 is 0 Å². The van der Waals surface area contributed by atoms with E-state index in [1.807, 2.05) is 0 Å². The molecule has 0 saturated carbocycles. The van der Waals surface area contributed by atoms with E-state index in [0.717, 1.165) is 6.42 Å². The van der Waals surface area contributed by atoms with E-state index in [4.69, 9.17) is 0 Å². The molecule has 0 radical (unpaired) electrons. The highest BCUT2D eigenvalue weighted by Gasteiger charge is 2.13. The molecule has 1 N–H and O–H groups in total. The van der Waals surface area contributed by atoms with E-state index in [2.05, 4.69) is 32.1 Å². The Morgan fingerprint density at radius 1 is 1.29 bits per heavy atom. The molecule has 0 aromatic carbocycles. The lowest BCUT2D eigenvalue weighted by molar-refractivity contribution is -0.719. The predicted molar refractivity (Wildman–Crippen MR) is 59.6 cm³/mol. The van der Waals surface area contributed by atoms with Crippen molar-refractivity contribution < 1.29 is 28.9 Å². The van der Waals surface area contributed by atoms with Crippen LogP contribution in [0.3, 0.4) is 0 Å². The Hall–Kier alpha value is 0.100. The largest absolute Gasteiger partial charge is 0.265 e. The minimum atomic E-state index is 0. The lowest BCUT2D eigenvalue weighted by Gasteiger charge is -1.97. The zero-order valence-electron chi connectivity index (χ0n) is 9.51. The fourth-order valence-electron chi connectivity index (χ4n) is 1.55. The van der Waals surface area contributed by atoms with Gasteiger partial charge < -0.3 is 0 Å². The lowest BCUT2D eigenvalue weighted by atomic mass is 10.1. The molecule has 1 rings (SSSR count). The number of nitrogens with zero attached hydrogens (tertiary/aromatic N) is 1. The van der Waals surface area contributed by atoms with Crippen molar-refractivity contribution in [3.8, 4) is 0 Å². The normalized spacial score (nSPS) is 20.1. The topological polar surface area (TPSA) is 16.8 Å². The molecular weight excluding hydrogens is 287 g/mol. The quantitative estimate of drug-likeness (QED) is 0.457. The van der Waals surface area contributed by atoms with Gasteiger partial charge in [0.1, 0.15) is 6.20 Å². The van der Waals surface area contributed by atoms with E-state index in [1.165, 1.54) is 42.1 Å². The van der Waals surface area contributed by atoms with Gasteiger partial charge in [0, 0.05) is 6.92 Å². The minimum Gasteiger partial charge on any atom is -0.265 e. The number of quaternary nitrogens is 1. The summed E-state index contributed by atoms with van der Waals surface area (Å²) in [4.78, 5) is 5.85. The number of rotatable bonds is 5. The van der Waals surface area contributed by atoms with Crippen LogP contribution in [0.5, 0.6) is 0 Å². The van der Waals surface area contributed by atoms with E-state index in [9.17, 15) is 0 Å². The van der Waals surface area contributed by atoms with Crippen molar-refractivity contribution in [2.45, 2.75) is 46.0 Å². The number of hydrogen-bond donors (Lipinski definition) is 1. The Bertz CT molecular complexity index is 221. The third kappa shape index (κ3) is 4.55. The number of halogens is 1. The van der Waals surface area contributed by atoms with Gasteiger partial charge in [0.05, 0.1) is 12.7 Å². The van der Waals surface area contributed by atoms with Gasteiger partial charge in [-0.2, -0.15) is 4.99 Å². The summed E-state index contributed by atoms with van der Waals surface area (Å²) in [5.74, 6) is 1.20. The maximum atomic E-state index is 4.51. The van der Waals surface area contributed by atoms with Gasteiger partial charge in [-0.05, 0) is 12.8 Å². The summed E-state index contributed by atoms with van der Waals surface area (Å²) in [5, 5.41) is 0. The van der Waals surface area contributed by atoms with Gasteiger partial charge in [0.15, 0.2) is 0 Å². The number of allylic oxidation sites excluding steroid dienone is 1. The van der Waals surface area contributed by atoms with Crippen molar-refractivity contribution in [3.63, 3.8) is 0 Å². The molecule has 0 amide bonds. The van der Waals surface area contributed by atoms with Gasteiger partial charge in [-0.25, -0.2) is 0 Å². The van der Waals surface area contributed by atoms with Gasteiger partial charge in [-0.3, -0.25) is 4.90 Å². The smallest absolute Gasteiger partial charge is 0.235 e. The molecule has 0 aromatic heterocycles. The highest BCUT2D eigenvalue weighted by atomic mass is 127. The third-order valence-corrected chi connectivity index (χ3v) is 2.55. The van der Waals surface area contributed by atoms with Crippen LogP contribution in [-0.4, -0.2) is 12.9 Å². The maximum absolute atomic E-state index is 4.51. The van der Waals surface area contributed by atoms with Crippen molar-refractivity contribution in [2.75, 3.05) is 7.05 Å². The van der Waals surface area contributed by atoms with Gasteiger partial charge in [0.25, 0.3) is 0 Å². The van der Waals surface area contributed by atoms with Crippen LogP contribution in [0.2, 0.25) is 0 Å². The maximum Gasteiger partial charge on any atom is 0.235 e. The Labute approximate surface area is 104 Å². The molecule has 0 bridgehead atoms. The molecule has 1 unspecified atom stereocenters. The summed E-state index contributed by atoms with van der Waals surface area (Å²) >= 11 is 0. The van der Waals surface area contributed by atoms with Crippen LogP contribution in [0.15, 0.2) is 16.9 Å². The fourth-order valence-corrected chi connectivity index (χ4v) is 1.55. The first-order valence-corrected chi connectivity index (χ1v) is 5.34. The van der Waals surface area contributed by atoms with Crippen molar-refractivity contribution in [2.24, 2.45) is 4.99 Å². The molecule has 1 atom stereocenters. The monoisotopic (exact) mass is 310 g/mol. The number of nitrogens with one attached hydrogen (secondary N) is 1. The second kappa shape index (κ2) is 7.40. The SMILES string of the molecule is CCCCCCC1=C[NH+](C)C(C)=N1.[IH2+]. The van der Waals surface area contributed by atoms with Gasteiger partial charge >= 0.3 is 0 Å². The minimum absolute atomic E-state index is 0. The fraction of sp³-hybridized carbons (Fsp3) is 0.727. The average Bonchev–Trinajstić information content (AvgIpc) is 2.41. The first-order chi connectivity index (χ1) is 6.24. The van der Waals surface area contributed by atoms with Crippen LogP contribution < -0.4 is 28.9 Å². The molecule has 0 aromatic rings. The number of aliphatic imine (C=N–C) groups is 1. The van der Waals surface area contributed by atoms with E-state index in [-0.39, 0.29) is 24.0 Å². The Morgan fingerprint density at radius 2 is 2.00 bits per heavy atom. The first-order valence-electron chi connectivity index (χ1n) is 5.34. The standard InChI is InChI=1S/C11H20N2.H2I/c1-4-5-6-7-8-11-9-13(3)10(2)12-11;/h9H,4-8H2,1-3H3;1H2/q;+1/p+1. The summed E-state index contributed by atoms with van der Waals surface area (Å²) < 4.78 is 0. The first kappa shape index (κ1) is 14.1. The lowest BCUT2D eigenvalue weighted by Crippen LogP contribution is -3.05. The van der Waals surface area contributed by atoms with Crippen molar-refractivity contribution >= 4 is 5.84 Å². The van der Waals surface area contributed by atoms with Crippen LogP contribution in [0.1, 0.15) is 46.0 Å². The second-order valence-corrected chi connectivity index (χ2v) is 3.83. The Kier molecular flexibility index (Phi) is 7.45. The zero-order valence-corrected chi connectivity index (χ0v) is 12.1. The molecule has 0 spiro atoms. The van der Waals surface area contributed by atoms with Gasteiger partial charge in [-0.1, -0.05) is 26.2 Å². The molecular formula is C11H23IN2+2. The molecule has 1 aliphatic rings. The van der Waals surface area contributed by atoms with Gasteiger partial charge in [-0.15, -0.1) is 0 Å². The second-order valence-electron chi connectivity index (χ2n) is 3.83. The van der Waals surface area contributed by atoms with Crippen LogP contribution >= 0.6 is 0 Å². The molecule has 1 aliphatic heterocycles. The van der Waals surface area contributed by atoms with Crippen LogP contribution in [-0.2, 0) is 0 Å². The molecule has 82 valence electrons. The molecule has 0 saturated heterocycles. The van der Waals surface area contributed by atoms with Crippen molar-refractivity contribution in [3.05, 3.63) is 11.9 Å². The summed E-state index contributed by atoms with van der Waals surface area (Å²) in [6.07, 6.45) is 8.70. The molecule has 2 nitrogen and oxygen atoms in total. The van der Waals surface area contributed by atoms with E-state index in [1.54, 1.807) is 0 Å².